The van der Waals surface area contributed by atoms with E-state index >= 15 is 0 Å². The van der Waals surface area contributed by atoms with Gasteiger partial charge in [-0.3, -0.25) is 14.8 Å². The first-order valence-electron chi connectivity index (χ1n) is 8.49. The maximum atomic E-state index is 6.28. The number of hydrogen-bond donors (Lipinski definition) is 0. The van der Waals surface area contributed by atoms with Crippen molar-refractivity contribution in [1.29, 1.82) is 0 Å². The van der Waals surface area contributed by atoms with Crippen LogP contribution in [0.1, 0.15) is 16.6 Å². The quantitative estimate of drug-likeness (QED) is 0.625. The third-order valence-corrected chi connectivity index (χ3v) is 5.83. The van der Waals surface area contributed by atoms with Gasteiger partial charge in [-0.25, -0.2) is 9.97 Å². The van der Waals surface area contributed by atoms with Gasteiger partial charge in [0, 0.05) is 43.1 Å². The molecule has 0 aromatic carbocycles. The van der Waals surface area contributed by atoms with Crippen molar-refractivity contribution in [3.63, 3.8) is 0 Å². The fourth-order valence-corrected chi connectivity index (χ4v) is 4.77. The molecule has 3 aromatic rings. The highest BCUT2D eigenvalue weighted by atomic mass is 35.5. The Bertz CT molecular complexity index is 828. The molecule has 1 aliphatic heterocycles. The summed E-state index contributed by atoms with van der Waals surface area (Å²) in [7, 11) is 2.14. The molecule has 0 N–H and O–H groups in total. The molecule has 136 valence electrons. The molecule has 6 nitrogen and oxygen atoms in total. The van der Waals surface area contributed by atoms with Crippen LogP contribution in [-0.4, -0.2) is 57.1 Å². The van der Waals surface area contributed by atoms with Gasteiger partial charge in [-0.2, -0.15) is 0 Å². The molecule has 26 heavy (non-hydrogen) atoms. The van der Waals surface area contributed by atoms with Crippen LogP contribution >= 0.6 is 22.9 Å². The van der Waals surface area contributed by atoms with Crippen LogP contribution in [0.15, 0.2) is 43.1 Å². The van der Waals surface area contributed by atoms with E-state index in [0.29, 0.717) is 13.2 Å². The highest BCUT2D eigenvalue weighted by Gasteiger charge is 2.30. The number of morpholine rings is 1. The van der Waals surface area contributed by atoms with E-state index in [-0.39, 0.29) is 11.7 Å². The number of ether oxygens (including phenoxy) is 1. The molecule has 8 heteroatoms. The third kappa shape index (κ3) is 3.87. The van der Waals surface area contributed by atoms with Crippen molar-refractivity contribution >= 4 is 33.2 Å². The molecule has 0 bridgehead atoms. The molecule has 1 fully saturated rings. The van der Waals surface area contributed by atoms with E-state index < -0.39 is 0 Å². The van der Waals surface area contributed by atoms with Crippen LogP contribution in [0.4, 0.5) is 0 Å². The third-order valence-electron chi connectivity index (χ3n) is 4.47. The zero-order chi connectivity index (χ0) is 17.9. The van der Waals surface area contributed by atoms with Gasteiger partial charge in [0.15, 0.2) is 0 Å². The van der Waals surface area contributed by atoms with Crippen LogP contribution in [0.25, 0.3) is 10.2 Å². The summed E-state index contributed by atoms with van der Waals surface area (Å²) < 4.78 is 6.63. The maximum absolute atomic E-state index is 6.28. The number of pyridine rings is 1. The van der Waals surface area contributed by atoms with Gasteiger partial charge in [0.25, 0.3) is 0 Å². The number of thiophene rings is 1. The minimum absolute atomic E-state index is 0.104. The van der Waals surface area contributed by atoms with Gasteiger partial charge in [-0.05, 0) is 30.8 Å². The highest BCUT2D eigenvalue weighted by Crippen LogP contribution is 2.35. The molecule has 4 heterocycles. The van der Waals surface area contributed by atoms with E-state index in [9.17, 15) is 0 Å². The normalized spacial score (nSPS) is 19.9. The van der Waals surface area contributed by atoms with Gasteiger partial charge < -0.3 is 4.74 Å². The van der Waals surface area contributed by atoms with Crippen molar-refractivity contribution in [2.24, 2.45) is 0 Å². The summed E-state index contributed by atoms with van der Waals surface area (Å²) in [5, 5.41) is 0. The van der Waals surface area contributed by atoms with E-state index in [1.165, 1.54) is 10.4 Å². The van der Waals surface area contributed by atoms with E-state index in [2.05, 4.69) is 37.9 Å². The first-order chi connectivity index (χ1) is 12.7. The van der Waals surface area contributed by atoms with Gasteiger partial charge >= 0.3 is 0 Å². The minimum Gasteiger partial charge on any atom is -0.360 e. The summed E-state index contributed by atoms with van der Waals surface area (Å²) in [5.74, 6) is 0. The highest BCUT2D eigenvalue weighted by molar-refractivity contribution is 7.19. The van der Waals surface area contributed by atoms with Gasteiger partial charge in [-0.1, -0.05) is 11.6 Å². The van der Waals surface area contributed by atoms with Gasteiger partial charge in [0.05, 0.1) is 23.0 Å². The first-order valence-corrected chi connectivity index (χ1v) is 9.74. The van der Waals surface area contributed by atoms with Gasteiger partial charge in [-0.15, -0.1) is 11.3 Å². The number of halogens is 1. The summed E-state index contributed by atoms with van der Waals surface area (Å²) in [6.07, 6.45) is 7.23. The Labute approximate surface area is 161 Å². The van der Waals surface area contributed by atoms with Crippen LogP contribution < -0.4 is 0 Å². The zero-order valence-corrected chi connectivity index (χ0v) is 16.0. The van der Waals surface area contributed by atoms with Crippen LogP contribution in [-0.2, 0) is 11.3 Å². The molecule has 1 aliphatic rings. The number of aromatic nitrogens is 3. The fraction of sp³-hybridized carbons (Fsp3) is 0.389. The van der Waals surface area contributed by atoms with Crippen LogP contribution in [0.5, 0.6) is 0 Å². The smallest absolute Gasteiger partial charge is 0.143 e. The molecule has 4 rings (SSSR count). The standard InChI is InChI=1S/C18H20ClN5OS/c1-23(10-13-2-4-20-5-3-13)18(24-6-7-25-17(19)11-24)15-8-14-16(26-15)9-21-12-22-14/h2-5,8-9,12,17-18H,6-7,10-11H2,1H3. The first kappa shape index (κ1) is 17.8. The van der Waals surface area contributed by atoms with Crippen LogP contribution in [0, 0.1) is 0 Å². The topological polar surface area (TPSA) is 54.4 Å². The lowest BCUT2D eigenvalue weighted by Gasteiger charge is -2.40. The fourth-order valence-electron chi connectivity index (χ4n) is 3.32. The summed E-state index contributed by atoms with van der Waals surface area (Å²) in [4.78, 5) is 18.6. The van der Waals surface area contributed by atoms with Crippen LogP contribution in [0.2, 0.25) is 0 Å². The van der Waals surface area contributed by atoms with E-state index in [0.717, 1.165) is 23.3 Å². The molecule has 3 aromatic heterocycles. The molecular formula is C18H20ClN5OS. The lowest BCUT2D eigenvalue weighted by molar-refractivity contribution is -0.0435. The van der Waals surface area contributed by atoms with Crippen molar-refractivity contribution in [2.45, 2.75) is 18.3 Å². The molecular weight excluding hydrogens is 370 g/mol. The van der Waals surface area contributed by atoms with Crippen LogP contribution in [0.3, 0.4) is 0 Å². The number of rotatable bonds is 5. The number of fused-ring (bicyclic) bond motifs is 1. The Morgan fingerprint density at radius 3 is 3.00 bits per heavy atom. The Morgan fingerprint density at radius 2 is 2.23 bits per heavy atom. The molecule has 2 atom stereocenters. The molecule has 0 spiro atoms. The lowest BCUT2D eigenvalue weighted by atomic mass is 10.2. The molecule has 1 saturated heterocycles. The predicted octanol–water partition coefficient (Wildman–Crippen LogP) is 3.11. The van der Waals surface area contributed by atoms with Crippen molar-refractivity contribution in [2.75, 3.05) is 26.7 Å². The van der Waals surface area contributed by atoms with Crippen molar-refractivity contribution < 1.29 is 4.74 Å². The summed E-state index contributed by atoms with van der Waals surface area (Å²) in [6, 6.07) is 6.26. The minimum atomic E-state index is -0.283. The molecule has 0 radical (unpaired) electrons. The molecule has 2 unspecified atom stereocenters. The molecule has 0 saturated carbocycles. The Balaban J connectivity index is 1.66. The van der Waals surface area contributed by atoms with Crippen molar-refractivity contribution in [3.05, 3.63) is 53.6 Å². The number of alkyl halides is 1. The van der Waals surface area contributed by atoms with Gasteiger partial charge in [0.1, 0.15) is 11.9 Å². The average molecular weight is 390 g/mol. The molecule has 0 aliphatic carbocycles. The second-order valence-electron chi connectivity index (χ2n) is 6.34. The Hall–Kier alpha value is -1.64. The van der Waals surface area contributed by atoms with Crippen molar-refractivity contribution in [3.8, 4) is 0 Å². The second-order valence-corrected chi connectivity index (χ2v) is 7.94. The lowest BCUT2D eigenvalue weighted by Crippen LogP contribution is -2.47. The van der Waals surface area contributed by atoms with Crippen molar-refractivity contribution in [1.82, 2.24) is 24.8 Å². The number of nitrogens with zero attached hydrogens (tertiary/aromatic N) is 5. The molecule has 0 amide bonds. The second kappa shape index (κ2) is 7.94. The predicted molar refractivity (Wildman–Crippen MR) is 103 cm³/mol. The maximum Gasteiger partial charge on any atom is 0.143 e. The van der Waals surface area contributed by atoms with Gasteiger partial charge in [0.2, 0.25) is 0 Å². The SMILES string of the molecule is CN(Cc1ccncc1)C(c1cc2ncncc2s1)N1CCOC(Cl)C1. The summed E-state index contributed by atoms with van der Waals surface area (Å²) >= 11 is 8.01. The average Bonchev–Trinajstić information content (AvgIpc) is 3.06. The summed E-state index contributed by atoms with van der Waals surface area (Å²) in [5.41, 5.74) is 1.93. The monoisotopic (exact) mass is 389 g/mol. The largest absolute Gasteiger partial charge is 0.360 e. The Kier molecular flexibility index (Phi) is 5.42. The number of hydrogen-bond acceptors (Lipinski definition) is 7. The Morgan fingerprint density at radius 1 is 1.38 bits per heavy atom. The summed E-state index contributed by atoms with van der Waals surface area (Å²) in [6.45, 7) is 2.98. The van der Waals surface area contributed by atoms with E-state index in [4.69, 9.17) is 16.3 Å². The van der Waals surface area contributed by atoms with E-state index in [1.807, 2.05) is 30.7 Å². The van der Waals surface area contributed by atoms with E-state index in [1.54, 1.807) is 17.7 Å². The zero-order valence-electron chi connectivity index (χ0n) is 14.5.